The van der Waals surface area contributed by atoms with E-state index in [1.807, 2.05) is 0 Å². The maximum atomic E-state index is 13.6. The first-order valence-electron chi connectivity index (χ1n) is 10.2. The van der Waals surface area contributed by atoms with Gasteiger partial charge in [-0.3, -0.25) is 9.79 Å². The van der Waals surface area contributed by atoms with Crippen LogP contribution in [0.3, 0.4) is 0 Å². The summed E-state index contributed by atoms with van der Waals surface area (Å²) in [6.07, 6.45) is -4.95. The number of esters is 1. The Morgan fingerprint density at radius 3 is 2.32 bits per heavy atom. The molecule has 34 heavy (non-hydrogen) atoms. The second-order valence-corrected chi connectivity index (χ2v) is 7.86. The lowest BCUT2D eigenvalue weighted by atomic mass is 10.0. The number of methoxy groups -OCH3 is 1. The van der Waals surface area contributed by atoms with E-state index in [0.717, 1.165) is 0 Å². The molecule has 2 aromatic carbocycles. The van der Waals surface area contributed by atoms with E-state index in [1.54, 1.807) is 43.3 Å². The van der Waals surface area contributed by atoms with Gasteiger partial charge in [0.05, 0.1) is 25.3 Å². The molecular formula is C23H22ClF3N4O3. The summed E-state index contributed by atoms with van der Waals surface area (Å²) in [5.41, 5.74) is 4.51. The van der Waals surface area contributed by atoms with Crippen LogP contribution in [0.4, 0.5) is 18.9 Å². The molecule has 3 rings (SSSR count). The van der Waals surface area contributed by atoms with Gasteiger partial charge in [-0.1, -0.05) is 23.7 Å². The van der Waals surface area contributed by atoms with Gasteiger partial charge in [-0.05, 0) is 48.9 Å². The molecule has 1 heterocycles. The number of carbonyl (C=O) groups excluding carboxylic acids is 2. The second kappa shape index (κ2) is 10.2. The summed E-state index contributed by atoms with van der Waals surface area (Å²) < 4.78 is 45.5. The Kier molecular flexibility index (Phi) is 7.51. The Balaban J connectivity index is 1.91. The van der Waals surface area contributed by atoms with Crippen molar-refractivity contribution in [3.8, 4) is 0 Å². The Morgan fingerprint density at radius 1 is 1.15 bits per heavy atom. The zero-order valence-electron chi connectivity index (χ0n) is 18.3. The van der Waals surface area contributed by atoms with Crippen LogP contribution in [0.25, 0.3) is 0 Å². The van der Waals surface area contributed by atoms with E-state index in [4.69, 9.17) is 17.3 Å². The summed E-state index contributed by atoms with van der Waals surface area (Å²) >= 11 is 5.91. The van der Waals surface area contributed by atoms with Crippen LogP contribution in [0.2, 0.25) is 5.02 Å². The molecule has 0 spiro atoms. The number of nitrogens with one attached hydrogen (secondary N) is 1. The summed E-state index contributed by atoms with van der Waals surface area (Å²) in [7, 11) is 1.25. The van der Waals surface area contributed by atoms with Crippen molar-refractivity contribution < 1.29 is 27.5 Å². The van der Waals surface area contributed by atoms with Crippen LogP contribution in [0, 0.1) is 0 Å². The molecule has 0 bridgehead atoms. The number of amides is 1. The monoisotopic (exact) mass is 494 g/mol. The first-order valence-corrected chi connectivity index (χ1v) is 10.5. The molecule has 0 saturated heterocycles. The molecule has 0 aliphatic carbocycles. The van der Waals surface area contributed by atoms with Crippen molar-refractivity contribution in [3.63, 3.8) is 0 Å². The van der Waals surface area contributed by atoms with E-state index >= 15 is 0 Å². The number of alkyl halides is 3. The Hall–Kier alpha value is -3.53. The zero-order chi connectivity index (χ0) is 25.0. The van der Waals surface area contributed by atoms with Gasteiger partial charge in [0.2, 0.25) is 0 Å². The molecule has 1 aliphatic heterocycles. The summed E-state index contributed by atoms with van der Waals surface area (Å²) in [5, 5.41) is 3.00. The van der Waals surface area contributed by atoms with Crippen molar-refractivity contribution >= 4 is 35.0 Å². The number of carbonyl (C=O) groups is 2. The van der Waals surface area contributed by atoms with Gasteiger partial charge in [0.25, 0.3) is 5.91 Å². The van der Waals surface area contributed by atoms with Crippen molar-refractivity contribution in [2.75, 3.05) is 25.1 Å². The number of hydrogen-bond donors (Lipinski definition) is 2. The highest BCUT2D eigenvalue weighted by atomic mass is 35.5. The molecule has 0 aromatic heterocycles. The third-order valence-electron chi connectivity index (χ3n) is 5.18. The van der Waals surface area contributed by atoms with E-state index in [9.17, 15) is 22.8 Å². The van der Waals surface area contributed by atoms with Crippen LogP contribution in [-0.4, -0.2) is 44.1 Å². The van der Waals surface area contributed by atoms with Gasteiger partial charge in [0, 0.05) is 17.3 Å². The van der Waals surface area contributed by atoms with Gasteiger partial charge in [-0.25, -0.2) is 4.79 Å². The van der Waals surface area contributed by atoms with Crippen LogP contribution in [0.5, 0.6) is 0 Å². The van der Waals surface area contributed by atoms with Gasteiger partial charge in [0.15, 0.2) is 0 Å². The minimum Gasteiger partial charge on any atom is -0.465 e. The maximum absolute atomic E-state index is 13.6. The summed E-state index contributed by atoms with van der Waals surface area (Å²) in [4.78, 5) is 30.3. The van der Waals surface area contributed by atoms with Gasteiger partial charge in [0.1, 0.15) is 17.1 Å². The second-order valence-electron chi connectivity index (χ2n) is 7.43. The average molecular weight is 495 g/mol. The van der Waals surface area contributed by atoms with Gasteiger partial charge in [-0.15, -0.1) is 0 Å². The first kappa shape index (κ1) is 25.1. The predicted molar refractivity (Wildman–Crippen MR) is 123 cm³/mol. The summed E-state index contributed by atoms with van der Waals surface area (Å²) in [5.74, 6) is -1.74. The summed E-state index contributed by atoms with van der Waals surface area (Å²) in [6, 6.07) is 11.8. The third-order valence-corrected chi connectivity index (χ3v) is 5.44. The lowest BCUT2D eigenvalue weighted by Crippen LogP contribution is -2.41. The quantitative estimate of drug-likeness (QED) is 0.467. The van der Waals surface area contributed by atoms with Crippen molar-refractivity contribution in [1.82, 2.24) is 5.32 Å². The molecule has 180 valence electrons. The number of halogens is 4. The molecular weight excluding hydrogens is 473 g/mol. The highest BCUT2D eigenvalue weighted by Crippen LogP contribution is 2.29. The molecule has 0 radical (unpaired) electrons. The van der Waals surface area contributed by atoms with Crippen LogP contribution < -0.4 is 16.0 Å². The number of benzene rings is 2. The van der Waals surface area contributed by atoms with E-state index in [2.05, 4.69) is 15.0 Å². The largest absolute Gasteiger partial charge is 0.465 e. The number of rotatable bonds is 6. The number of amidine groups is 1. The van der Waals surface area contributed by atoms with E-state index in [-0.39, 0.29) is 18.9 Å². The number of ether oxygens (including phenoxy) is 1. The fourth-order valence-corrected chi connectivity index (χ4v) is 3.52. The molecule has 1 unspecified atom stereocenters. The topological polar surface area (TPSA) is 97.0 Å². The standard InChI is InChI=1S/C23H22ClF3N4O3/c1-13(14-3-5-15(6-4-14)22(33)34-2)30-21(32)18(19(28)23(25,26)27)20-29-11-12-31(20)17-9-7-16(24)8-10-17/h3-10,13H,11-12,28H2,1-2H3,(H,30,32). The molecule has 1 aliphatic rings. The highest BCUT2D eigenvalue weighted by Gasteiger charge is 2.40. The number of anilines is 1. The van der Waals surface area contributed by atoms with Gasteiger partial charge >= 0.3 is 12.1 Å². The molecule has 2 aromatic rings. The number of hydrogen-bond acceptors (Lipinski definition) is 6. The number of nitrogens with zero attached hydrogens (tertiary/aromatic N) is 2. The smallest absolute Gasteiger partial charge is 0.431 e. The van der Waals surface area contributed by atoms with Gasteiger partial charge < -0.3 is 20.7 Å². The van der Waals surface area contributed by atoms with Crippen molar-refractivity contribution in [1.29, 1.82) is 0 Å². The number of aliphatic imine (C=N–C) groups is 1. The fraction of sp³-hybridized carbons (Fsp3) is 0.261. The van der Waals surface area contributed by atoms with Crippen LogP contribution in [-0.2, 0) is 9.53 Å². The SMILES string of the molecule is COC(=O)c1ccc(C(C)NC(=O)C(C2=NCCN2c2ccc(Cl)cc2)=C(N)C(F)(F)F)cc1. The van der Waals surface area contributed by atoms with E-state index in [0.29, 0.717) is 21.8 Å². The van der Waals surface area contributed by atoms with E-state index < -0.39 is 35.4 Å². The minimum atomic E-state index is -4.95. The number of nitrogens with two attached hydrogens (primary N) is 1. The fourth-order valence-electron chi connectivity index (χ4n) is 3.40. The van der Waals surface area contributed by atoms with Crippen molar-refractivity contribution in [2.45, 2.75) is 19.1 Å². The Labute approximate surface area is 199 Å². The molecule has 1 amide bonds. The minimum absolute atomic E-state index is 0.178. The third kappa shape index (κ3) is 5.51. The van der Waals surface area contributed by atoms with Crippen molar-refractivity contribution in [3.05, 3.63) is 76.0 Å². The average Bonchev–Trinajstić information content (AvgIpc) is 3.27. The Bertz CT molecular complexity index is 1130. The highest BCUT2D eigenvalue weighted by molar-refractivity contribution is 6.31. The maximum Gasteiger partial charge on any atom is 0.431 e. The molecule has 1 atom stereocenters. The van der Waals surface area contributed by atoms with Crippen LogP contribution >= 0.6 is 11.6 Å². The van der Waals surface area contributed by atoms with Crippen LogP contribution in [0.1, 0.15) is 28.9 Å². The number of allylic oxidation sites excluding steroid dienone is 1. The predicted octanol–water partition coefficient (Wildman–Crippen LogP) is 4.00. The van der Waals surface area contributed by atoms with Crippen molar-refractivity contribution in [2.24, 2.45) is 10.7 Å². The lowest BCUT2D eigenvalue weighted by Gasteiger charge is -2.25. The molecule has 7 nitrogen and oxygen atoms in total. The molecule has 3 N–H and O–H groups in total. The van der Waals surface area contributed by atoms with Gasteiger partial charge in [-0.2, -0.15) is 13.2 Å². The zero-order valence-corrected chi connectivity index (χ0v) is 19.1. The Morgan fingerprint density at radius 2 is 1.76 bits per heavy atom. The normalized spacial score (nSPS) is 15.4. The van der Waals surface area contributed by atoms with E-state index in [1.165, 1.54) is 24.1 Å². The molecule has 0 fully saturated rings. The summed E-state index contributed by atoms with van der Waals surface area (Å²) in [6.45, 7) is 2.05. The van der Waals surface area contributed by atoms with Crippen LogP contribution in [0.15, 0.2) is 64.8 Å². The first-order chi connectivity index (χ1) is 16.0. The lowest BCUT2D eigenvalue weighted by molar-refractivity contribution is -0.119. The molecule has 11 heteroatoms. The molecule has 0 saturated carbocycles.